The van der Waals surface area contributed by atoms with Crippen LogP contribution in [0.5, 0.6) is 0 Å². The number of fused-ring (bicyclic) bond motifs is 1. The Labute approximate surface area is 168 Å². The van der Waals surface area contributed by atoms with Gasteiger partial charge in [0.15, 0.2) is 10.7 Å². The highest BCUT2D eigenvalue weighted by molar-refractivity contribution is 7.80. The van der Waals surface area contributed by atoms with Crippen molar-refractivity contribution >= 4 is 51.6 Å². The number of aryl methyl sites for hydroxylation is 1. The van der Waals surface area contributed by atoms with Crippen molar-refractivity contribution in [2.24, 2.45) is 5.41 Å². The van der Waals surface area contributed by atoms with Crippen LogP contribution in [0.3, 0.4) is 0 Å². The molecule has 0 unspecified atom stereocenters. The van der Waals surface area contributed by atoms with Crippen LogP contribution >= 0.6 is 23.8 Å². The van der Waals surface area contributed by atoms with E-state index in [1.54, 1.807) is 18.2 Å². The molecule has 3 aromatic rings. The molecule has 0 aliphatic carbocycles. The van der Waals surface area contributed by atoms with Crippen molar-refractivity contribution in [1.29, 1.82) is 0 Å². The first-order valence-electron chi connectivity index (χ1n) is 8.43. The number of rotatable bonds is 2. The number of carbonyl (C=O) groups is 1. The Kier molecular flexibility index (Phi) is 5.22. The molecule has 140 valence electrons. The summed E-state index contributed by atoms with van der Waals surface area (Å²) in [6.45, 7) is 7.44. The van der Waals surface area contributed by atoms with Gasteiger partial charge in [-0.25, -0.2) is 4.98 Å². The predicted octanol–water partition coefficient (Wildman–Crippen LogP) is 5.32. The van der Waals surface area contributed by atoms with E-state index in [0.29, 0.717) is 22.0 Å². The van der Waals surface area contributed by atoms with Crippen LogP contribution < -0.4 is 10.6 Å². The van der Waals surface area contributed by atoms with Crippen molar-refractivity contribution < 1.29 is 9.21 Å². The third kappa shape index (κ3) is 4.46. The average molecular weight is 402 g/mol. The molecule has 0 aliphatic rings. The maximum absolute atomic E-state index is 12.1. The van der Waals surface area contributed by atoms with Crippen molar-refractivity contribution in [1.82, 2.24) is 10.3 Å². The summed E-state index contributed by atoms with van der Waals surface area (Å²) in [6, 6.07) is 11.1. The molecular weight excluding hydrogens is 382 g/mol. The van der Waals surface area contributed by atoms with Crippen molar-refractivity contribution in [2.45, 2.75) is 27.7 Å². The number of anilines is 1. The van der Waals surface area contributed by atoms with E-state index in [1.807, 2.05) is 45.9 Å². The van der Waals surface area contributed by atoms with Crippen LogP contribution in [0.4, 0.5) is 5.69 Å². The van der Waals surface area contributed by atoms with Gasteiger partial charge in [0.25, 0.3) is 0 Å². The highest BCUT2D eigenvalue weighted by atomic mass is 35.5. The number of benzene rings is 2. The first kappa shape index (κ1) is 19.3. The largest absolute Gasteiger partial charge is 0.436 e. The minimum atomic E-state index is -0.526. The molecule has 2 N–H and O–H groups in total. The second-order valence-electron chi connectivity index (χ2n) is 7.32. The number of aromatic nitrogens is 1. The summed E-state index contributed by atoms with van der Waals surface area (Å²) in [5.41, 5.74) is 3.37. The first-order chi connectivity index (χ1) is 12.6. The quantitative estimate of drug-likeness (QED) is 0.569. The molecule has 7 heteroatoms. The SMILES string of the molecule is Cc1ccc(-c2nc3cc(Cl)ccc3o2)cc1NC(=S)NC(=O)C(C)(C)C. The molecule has 0 atom stereocenters. The summed E-state index contributed by atoms with van der Waals surface area (Å²) >= 11 is 11.3. The Balaban J connectivity index is 1.85. The molecule has 1 amide bonds. The van der Waals surface area contributed by atoms with Gasteiger partial charge >= 0.3 is 0 Å². The topological polar surface area (TPSA) is 67.2 Å². The normalized spacial score (nSPS) is 11.4. The van der Waals surface area contributed by atoms with Gasteiger partial charge in [0.05, 0.1) is 0 Å². The van der Waals surface area contributed by atoms with Gasteiger partial charge in [0.1, 0.15) is 5.52 Å². The van der Waals surface area contributed by atoms with Gasteiger partial charge in [0.2, 0.25) is 11.8 Å². The van der Waals surface area contributed by atoms with E-state index in [4.69, 9.17) is 28.2 Å². The second-order valence-corrected chi connectivity index (χ2v) is 8.16. The summed E-state index contributed by atoms with van der Waals surface area (Å²) < 4.78 is 5.82. The summed E-state index contributed by atoms with van der Waals surface area (Å²) in [5.74, 6) is 0.338. The molecule has 1 heterocycles. The van der Waals surface area contributed by atoms with Crippen LogP contribution in [0.2, 0.25) is 5.02 Å². The predicted molar refractivity (Wildman–Crippen MR) is 113 cm³/mol. The molecule has 27 heavy (non-hydrogen) atoms. The number of amides is 1. The van der Waals surface area contributed by atoms with E-state index in [9.17, 15) is 4.79 Å². The monoisotopic (exact) mass is 401 g/mol. The maximum Gasteiger partial charge on any atom is 0.231 e. The third-order valence-corrected chi connectivity index (χ3v) is 4.43. The number of hydrogen-bond acceptors (Lipinski definition) is 4. The van der Waals surface area contributed by atoms with Gasteiger partial charge in [-0.1, -0.05) is 38.4 Å². The van der Waals surface area contributed by atoms with E-state index < -0.39 is 5.41 Å². The van der Waals surface area contributed by atoms with Gasteiger partial charge < -0.3 is 15.1 Å². The molecule has 1 aromatic heterocycles. The Morgan fingerprint density at radius 3 is 2.63 bits per heavy atom. The molecule has 5 nitrogen and oxygen atoms in total. The second kappa shape index (κ2) is 7.29. The fourth-order valence-electron chi connectivity index (χ4n) is 2.36. The van der Waals surface area contributed by atoms with E-state index >= 15 is 0 Å². The molecule has 0 fully saturated rings. The highest BCUT2D eigenvalue weighted by Crippen LogP contribution is 2.29. The fraction of sp³-hybridized carbons (Fsp3) is 0.250. The minimum Gasteiger partial charge on any atom is -0.436 e. The van der Waals surface area contributed by atoms with Gasteiger partial charge in [-0.15, -0.1) is 0 Å². The van der Waals surface area contributed by atoms with Gasteiger partial charge in [-0.2, -0.15) is 0 Å². The Morgan fingerprint density at radius 1 is 1.19 bits per heavy atom. The Morgan fingerprint density at radius 2 is 1.93 bits per heavy atom. The van der Waals surface area contributed by atoms with Crippen LogP contribution in [0.25, 0.3) is 22.6 Å². The fourth-order valence-corrected chi connectivity index (χ4v) is 2.73. The van der Waals surface area contributed by atoms with E-state index in [2.05, 4.69) is 15.6 Å². The van der Waals surface area contributed by atoms with Gasteiger partial charge in [-0.3, -0.25) is 4.79 Å². The van der Waals surface area contributed by atoms with E-state index in [1.165, 1.54) is 0 Å². The number of thiocarbonyl (C=S) groups is 1. The zero-order chi connectivity index (χ0) is 19.8. The third-order valence-electron chi connectivity index (χ3n) is 3.99. The number of nitrogens with one attached hydrogen (secondary N) is 2. The summed E-state index contributed by atoms with van der Waals surface area (Å²) in [5, 5.41) is 6.64. The number of oxazole rings is 1. The van der Waals surface area contributed by atoms with Gasteiger partial charge in [0, 0.05) is 21.7 Å². The number of nitrogens with zero attached hydrogens (tertiary/aromatic N) is 1. The van der Waals surface area contributed by atoms with Crippen LogP contribution in [-0.2, 0) is 4.79 Å². The zero-order valence-corrected chi connectivity index (χ0v) is 17.1. The molecule has 0 radical (unpaired) electrons. The van der Waals surface area contributed by atoms with Crippen LogP contribution in [-0.4, -0.2) is 16.0 Å². The lowest BCUT2D eigenvalue weighted by molar-refractivity contribution is -0.126. The number of halogens is 1. The zero-order valence-electron chi connectivity index (χ0n) is 15.5. The molecule has 0 aliphatic heterocycles. The van der Waals surface area contributed by atoms with Crippen LogP contribution in [0.15, 0.2) is 40.8 Å². The molecule has 0 saturated carbocycles. The van der Waals surface area contributed by atoms with E-state index in [-0.39, 0.29) is 11.0 Å². The van der Waals surface area contributed by atoms with Gasteiger partial charge in [-0.05, 0) is 55.0 Å². The highest BCUT2D eigenvalue weighted by Gasteiger charge is 2.22. The number of carbonyl (C=O) groups excluding carboxylic acids is 1. The summed E-state index contributed by atoms with van der Waals surface area (Å²) in [6.07, 6.45) is 0. The average Bonchev–Trinajstić information content (AvgIpc) is 2.99. The van der Waals surface area contributed by atoms with Crippen LogP contribution in [0, 0.1) is 12.3 Å². The standard InChI is InChI=1S/C20H20ClN3O2S/c1-11-5-6-12(17-22-15-10-13(21)7-8-16(15)26-17)9-14(11)23-19(27)24-18(25)20(2,3)4/h5-10H,1-4H3,(H2,23,24,25,27). The maximum atomic E-state index is 12.1. The Hall–Kier alpha value is -2.44. The molecule has 2 aromatic carbocycles. The molecule has 3 rings (SSSR count). The van der Waals surface area contributed by atoms with E-state index in [0.717, 1.165) is 16.8 Å². The lowest BCUT2D eigenvalue weighted by Gasteiger charge is -2.19. The van der Waals surface area contributed by atoms with Crippen molar-refractivity contribution in [3.63, 3.8) is 0 Å². The summed E-state index contributed by atoms with van der Waals surface area (Å²) in [4.78, 5) is 16.6. The molecular formula is C20H20ClN3O2S. The number of hydrogen-bond donors (Lipinski definition) is 2. The minimum absolute atomic E-state index is 0.148. The summed E-state index contributed by atoms with van der Waals surface area (Å²) in [7, 11) is 0. The van der Waals surface area contributed by atoms with Crippen molar-refractivity contribution in [2.75, 3.05) is 5.32 Å². The lowest BCUT2D eigenvalue weighted by atomic mass is 9.96. The van der Waals surface area contributed by atoms with Crippen molar-refractivity contribution in [3.05, 3.63) is 47.0 Å². The smallest absolute Gasteiger partial charge is 0.231 e. The molecule has 0 bridgehead atoms. The first-order valence-corrected chi connectivity index (χ1v) is 9.21. The lowest BCUT2D eigenvalue weighted by Crippen LogP contribution is -2.41. The molecule has 0 saturated heterocycles. The Bertz CT molecular complexity index is 1040. The van der Waals surface area contributed by atoms with Crippen LogP contribution in [0.1, 0.15) is 26.3 Å². The molecule has 0 spiro atoms. The van der Waals surface area contributed by atoms with Crippen molar-refractivity contribution in [3.8, 4) is 11.5 Å².